The summed E-state index contributed by atoms with van der Waals surface area (Å²) < 4.78 is 40.7. The van der Waals surface area contributed by atoms with Crippen molar-refractivity contribution in [3.8, 4) is 5.75 Å². The summed E-state index contributed by atoms with van der Waals surface area (Å²) in [5.74, 6) is -0.682. The van der Waals surface area contributed by atoms with E-state index in [0.29, 0.717) is 17.3 Å². The van der Waals surface area contributed by atoms with Crippen molar-refractivity contribution in [1.82, 2.24) is 0 Å². The first-order valence-corrected chi connectivity index (χ1v) is 5.05. The van der Waals surface area contributed by atoms with Crippen LogP contribution < -0.4 is 4.74 Å². The van der Waals surface area contributed by atoms with Crippen LogP contribution in [0.25, 0.3) is 0 Å². The minimum absolute atomic E-state index is 0.157. The monoisotopic (exact) mass is 268 g/mol. The third kappa shape index (κ3) is 3.21. The van der Waals surface area contributed by atoms with Crippen LogP contribution in [-0.2, 0) is 6.42 Å². The van der Waals surface area contributed by atoms with E-state index in [2.05, 4.69) is 20.7 Å². The van der Waals surface area contributed by atoms with Crippen LogP contribution in [0.2, 0.25) is 0 Å². The van der Waals surface area contributed by atoms with E-state index in [4.69, 9.17) is 0 Å². The van der Waals surface area contributed by atoms with Crippen molar-refractivity contribution in [3.05, 3.63) is 29.6 Å². The number of ether oxygens (including phenoxy) is 1. The molecular weight excluding hydrogens is 261 g/mol. The average Bonchev–Trinajstić information content (AvgIpc) is 2.09. The first kappa shape index (κ1) is 11.4. The van der Waals surface area contributed by atoms with Gasteiger partial charge >= 0.3 is 6.61 Å². The molecule has 14 heavy (non-hydrogen) atoms. The van der Waals surface area contributed by atoms with Gasteiger partial charge < -0.3 is 4.74 Å². The van der Waals surface area contributed by atoms with Gasteiger partial charge in [0.2, 0.25) is 0 Å². The Balaban J connectivity index is 2.78. The second-order valence-corrected chi connectivity index (χ2v) is 3.36. The van der Waals surface area contributed by atoms with Gasteiger partial charge in [-0.1, -0.05) is 22.0 Å². The quantitative estimate of drug-likeness (QED) is 0.761. The Hall–Kier alpha value is -0.710. The molecule has 0 aliphatic heterocycles. The van der Waals surface area contributed by atoms with Crippen molar-refractivity contribution in [1.29, 1.82) is 0 Å². The third-order valence-electron chi connectivity index (χ3n) is 1.61. The largest absolute Gasteiger partial charge is 0.435 e. The number of aryl methyl sites for hydroxylation is 1. The van der Waals surface area contributed by atoms with E-state index in [9.17, 15) is 13.2 Å². The molecule has 0 spiro atoms. The minimum Gasteiger partial charge on any atom is -0.435 e. The Kier molecular flexibility index (Phi) is 4.25. The van der Waals surface area contributed by atoms with Crippen LogP contribution in [0, 0.1) is 5.82 Å². The van der Waals surface area contributed by atoms with Gasteiger partial charge in [-0.2, -0.15) is 8.78 Å². The number of hydrogen-bond acceptors (Lipinski definition) is 1. The molecule has 1 aromatic rings. The molecule has 0 fully saturated rings. The van der Waals surface area contributed by atoms with Crippen molar-refractivity contribution in [2.75, 3.05) is 5.33 Å². The van der Waals surface area contributed by atoms with Gasteiger partial charge in [0.05, 0.1) is 0 Å². The molecule has 0 aliphatic carbocycles. The molecule has 1 nitrogen and oxygen atoms in total. The van der Waals surface area contributed by atoms with E-state index < -0.39 is 12.4 Å². The van der Waals surface area contributed by atoms with Crippen LogP contribution in [0.4, 0.5) is 13.2 Å². The summed E-state index contributed by atoms with van der Waals surface area (Å²) in [6, 6.07) is 3.73. The number of rotatable bonds is 4. The van der Waals surface area contributed by atoms with Gasteiger partial charge in [-0.25, -0.2) is 4.39 Å². The molecule has 0 saturated heterocycles. The SMILES string of the molecule is Fc1cc(OC(F)F)ccc1CCBr. The van der Waals surface area contributed by atoms with Gasteiger partial charge in [-0.3, -0.25) is 0 Å². The van der Waals surface area contributed by atoms with Gasteiger partial charge in [-0.05, 0) is 18.1 Å². The highest BCUT2D eigenvalue weighted by Gasteiger charge is 2.07. The molecule has 0 atom stereocenters. The van der Waals surface area contributed by atoms with Gasteiger partial charge in [0.15, 0.2) is 0 Å². The predicted molar refractivity (Wildman–Crippen MR) is 50.5 cm³/mol. The summed E-state index contributed by atoms with van der Waals surface area (Å²) in [6.45, 7) is -2.92. The second kappa shape index (κ2) is 5.24. The lowest BCUT2D eigenvalue weighted by Crippen LogP contribution is -2.02. The first-order valence-electron chi connectivity index (χ1n) is 3.92. The number of benzene rings is 1. The van der Waals surface area contributed by atoms with Crippen LogP contribution in [0.5, 0.6) is 5.75 Å². The Morgan fingerprint density at radius 2 is 2.07 bits per heavy atom. The maximum Gasteiger partial charge on any atom is 0.387 e. The van der Waals surface area contributed by atoms with Crippen molar-refractivity contribution in [3.63, 3.8) is 0 Å². The Labute approximate surface area is 88.0 Å². The normalized spacial score (nSPS) is 10.6. The zero-order valence-electron chi connectivity index (χ0n) is 7.14. The zero-order chi connectivity index (χ0) is 10.6. The molecule has 1 rings (SSSR count). The molecule has 0 aliphatic rings. The summed E-state index contributed by atoms with van der Waals surface area (Å²) in [5.41, 5.74) is 0.475. The van der Waals surface area contributed by atoms with Crippen molar-refractivity contribution < 1.29 is 17.9 Å². The summed E-state index contributed by atoms with van der Waals surface area (Å²) in [6.07, 6.45) is 0.515. The Morgan fingerprint density at radius 3 is 2.57 bits per heavy atom. The van der Waals surface area contributed by atoms with Gasteiger partial charge in [0, 0.05) is 11.4 Å². The molecule has 0 aromatic heterocycles. The molecule has 0 amide bonds. The fourth-order valence-electron chi connectivity index (χ4n) is 1.01. The van der Waals surface area contributed by atoms with Crippen LogP contribution in [0.1, 0.15) is 5.56 Å². The summed E-state index contributed by atoms with van der Waals surface area (Å²) in [4.78, 5) is 0. The molecular formula is C9H8BrF3O. The van der Waals surface area contributed by atoms with Crippen LogP contribution >= 0.6 is 15.9 Å². The molecule has 1 aromatic carbocycles. The van der Waals surface area contributed by atoms with E-state index in [-0.39, 0.29) is 5.75 Å². The van der Waals surface area contributed by atoms with Crippen molar-refractivity contribution in [2.45, 2.75) is 13.0 Å². The van der Waals surface area contributed by atoms with Gasteiger partial charge in [0.25, 0.3) is 0 Å². The van der Waals surface area contributed by atoms with Crippen LogP contribution in [0.15, 0.2) is 18.2 Å². The minimum atomic E-state index is -2.92. The molecule has 0 N–H and O–H groups in total. The van der Waals surface area contributed by atoms with E-state index in [1.165, 1.54) is 12.1 Å². The summed E-state index contributed by atoms with van der Waals surface area (Å²) in [7, 11) is 0. The molecule has 78 valence electrons. The smallest absolute Gasteiger partial charge is 0.387 e. The first-order chi connectivity index (χ1) is 6.63. The molecule has 0 saturated carbocycles. The van der Waals surface area contributed by atoms with Crippen molar-refractivity contribution >= 4 is 15.9 Å². The van der Waals surface area contributed by atoms with Crippen LogP contribution in [0.3, 0.4) is 0 Å². The molecule has 0 bridgehead atoms. The highest BCUT2D eigenvalue weighted by atomic mass is 79.9. The second-order valence-electron chi connectivity index (χ2n) is 2.57. The lowest BCUT2D eigenvalue weighted by molar-refractivity contribution is -0.0500. The highest BCUT2D eigenvalue weighted by Crippen LogP contribution is 2.19. The number of hydrogen-bond donors (Lipinski definition) is 0. The zero-order valence-corrected chi connectivity index (χ0v) is 8.73. The third-order valence-corrected chi connectivity index (χ3v) is 2.01. The maximum absolute atomic E-state index is 13.1. The molecule has 5 heteroatoms. The van der Waals surface area contributed by atoms with Gasteiger partial charge in [0.1, 0.15) is 11.6 Å². The molecule has 0 unspecified atom stereocenters. The van der Waals surface area contributed by atoms with Crippen LogP contribution in [-0.4, -0.2) is 11.9 Å². The van der Waals surface area contributed by atoms with E-state index in [0.717, 1.165) is 6.07 Å². The highest BCUT2D eigenvalue weighted by molar-refractivity contribution is 9.09. The predicted octanol–water partition coefficient (Wildman–Crippen LogP) is 3.36. The Morgan fingerprint density at radius 1 is 1.36 bits per heavy atom. The van der Waals surface area contributed by atoms with E-state index in [1.807, 2.05) is 0 Å². The van der Waals surface area contributed by atoms with E-state index in [1.54, 1.807) is 0 Å². The molecule has 0 radical (unpaired) electrons. The molecule has 0 heterocycles. The van der Waals surface area contributed by atoms with Crippen molar-refractivity contribution in [2.24, 2.45) is 0 Å². The fraction of sp³-hybridized carbons (Fsp3) is 0.333. The number of alkyl halides is 3. The lowest BCUT2D eigenvalue weighted by atomic mass is 10.1. The average molecular weight is 269 g/mol. The number of halogens is 4. The Bertz CT molecular complexity index is 304. The van der Waals surface area contributed by atoms with E-state index >= 15 is 0 Å². The standard InChI is InChI=1S/C9H8BrF3O/c10-4-3-6-1-2-7(5-8(6)11)14-9(12)13/h1-2,5,9H,3-4H2. The van der Waals surface area contributed by atoms with Gasteiger partial charge in [-0.15, -0.1) is 0 Å². The topological polar surface area (TPSA) is 9.23 Å². The lowest BCUT2D eigenvalue weighted by Gasteiger charge is -2.06. The maximum atomic E-state index is 13.1. The fourth-order valence-corrected chi connectivity index (χ4v) is 1.44. The summed E-state index contributed by atoms with van der Waals surface area (Å²) in [5, 5.41) is 0.624. The summed E-state index contributed by atoms with van der Waals surface area (Å²) >= 11 is 3.16.